The number of hydrogen-bond acceptors (Lipinski definition) is 4. The fourth-order valence-electron chi connectivity index (χ4n) is 3.50. The first-order valence-electron chi connectivity index (χ1n) is 9.77. The number of nitrogens with zero attached hydrogens (tertiary/aromatic N) is 1. The van der Waals surface area contributed by atoms with E-state index in [-0.39, 0.29) is 12.6 Å². The molecule has 3 rings (SSSR count). The molecule has 0 bridgehead atoms. The minimum Gasteiger partial charge on any atom is -0.466 e. The molecule has 2 heterocycles. The van der Waals surface area contributed by atoms with E-state index < -0.39 is 23.4 Å². The van der Waals surface area contributed by atoms with Crippen molar-refractivity contribution in [3.63, 3.8) is 0 Å². The van der Waals surface area contributed by atoms with Gasteiger partial charge in [-0.15, -0.1) is 0 Å². The Morgan fingerprint density at radius 2 is 1.86 bits per heavy atom. The molecule has 0 spiro atoms. The third-order valence-corrected chi connectivity index (χ3v) is 5.09. The van der Waals surface area contributed by atoms with Crippen molar-refractivity contribution in [1.29, 1.82) is 0 Å². The predicted octanol–water partition coefficient (Wildman–Crippen LogP) is 3.12. The van der Waals surface area contributed by atoms with Gasteiger partial charge in [0.2, 0.25) is 5.91 Å². The molecule has 1 fully saturated rings. The van der Waals surface area contributed by atoms with Crippen LogP contribution in [-0.2, 0) is 21.5 Å². The quantitative estimate of drug-likeness (QED) is 0.702. The van der Waals surface area contributed by atoms with Gasteiger partial charge < -0.3 is 15.1 Å². The van der Waals surface area contributed by atoms with E-state index >= 15 is 0 Å². The van der Waals surface area contributed by atoms with Crippen LogP contribution in [0.25, 0.3) is 0 Å². The van der Waals surface area contributed by atoms with Crippen molar-refractivity contribution >= 4 is 17.8 Å². The SMILES string of the molecule is CC(C)Cc1ccc(C(C)NC(=O)CN2C(=O)NC(C)(c3ccco3)C2=O)cc1. The Morgan fingerprint density at radius 3 is 2.45 bits per heavy atom. The van der Waals surface area contributed by atoms with Crippen molar-refractivity contribution in [2.75, 3.05) is 6.54 Å². The number of benzene rings is 1. The zero-order valence-corrected chi connectivity index (χ0v) is 17.2. The maximum atomic E-state index is 12.8. The van der Waals surface area contributed by atoms with Crippen molar-refractivity contribution < 1.29 is 18.8 Å². The first-order chi connectivity index (χ1) is 13.7. The molecule has 7 nitrogen and oxygen atoms in total. The summed E-state index contributed by atoms with van der Waals surface area (Å²) in [4.78, 5) is 38.4. The summed E-state index contributed by atoms with van der Waals surface area (Å²) >= 11 is 0. The molecule has 154 valence electrons. The Hall–Kier alpha value is -3.09. The summed E-state index contributed by atoms with van der Waals surface area (Å²) in [7, 11) is 0. The molecule has 2 unspecified atom stereocenters. The molecule has 2 aromatic rings. The van der Waals surface area contributed by atoms with Crippen LogP contribution in [0.1, 0.15) is 50.6 Å². The van der Waals surface area contributed by atoms with Gasteiger partial charge >= 0.3 is 6.03 Å². The fraction of sp³-hybridized carbons (Fsp3) is 0.409. The number of amides is 4. The summed E-state index contributed by atoms with van der Waals surface area (Å²) in [5, 5.41) is 5.46. The molecule has 0 aliphatic carbocycles. The number of hydrogen-bond donors (Lipinski definition) is 2. The van der Waals surface area contributed by atoms with Gasteiger partial charge in [0.05, 0.1) is 12.3 Å². The van der Waals surface area contributed by atoms with Gasteiger partial charge in [-0.2, -0.15) is 0 Å². The number of carbonyl (C=O) groups excluding carboxylic acids is 3. The molecule has 0 radical (unpaired) electrons. The number of urea groups is 1. The number of nitrogens with one attached hydrogen (secondary N) is 2. The predicted molar refractivity (Wildman–Crippen MR) is 108 cm³/mol. The lowest BCUT2D eigenvalue weighted by Gasteiger charge is -2.20. The Morgan fingerprint density at radius 1 is 1.17 bits per heavy atom. The summed E-state index contributed by atoms with van der Waals surface area (Å²) in [5.41, 5.74) is 0.904. The summed E-state index contributed by atoms with van der Waals surface area (Å²) in [6.45, 7) is 7.42. The second-order valence-electron chi connectivity index (χ2n) is 8.05. The maximum absolute atomic E-state index is 12.8. The highest BCUT2D eigenvalue weighted by Crippen LogP contribution is 2.29. The molecule has 1 aliphatic heterocycles. The third-order valence-electron chi connectivity index (χ3n) is 5.09. The smallest absolute Gasteiger partial charge is 0.325 e. The van der Waals surface area contributed by atoms with Crippen LogP contribution >= 0.6 is 0 Å². The Labute approximate surface area is 170 Å². The molecule has 2 N–H and O–H groups in total. The van der Waals surface area contributed by atoms with E-state index in [0.29, 0.717) is 11.7 Å². The maximum Gasteiger partial charge on any atom is 0.325 e. The minimum absolute atomic E-state index is 0.243. The van der Waals surface area contributed by atoms with E-state index in [4.69, 9.17) is 4.42 Å². The molecule has 1 aromatic heterocycles. The van der Waals surface area contributed by atoms with Crippen molar-refractivity contribution in [3.05, 3.63) is 59.5 Å². The summed E-state index contributed by atoms with van der Waals surface area (Å²) in [5.74, 6) is -0.0168. The molecule has 0 saturated carbocycles. The highest BCUT2D eigenvalue weighted by Gasteiger charge is 2.51. The second kappa shape index (κ2) is 8.11. The van der Waals surface area contributed by atoms with Crippen LogP contribution in [0.3, 0.4) is 0 Å². The number of imide groups is 1. The standard InChI is InChI=1S/C22H27N3O4/c1-14(2)12-16-7-9-17(10-8-16)15(3)23-19(26)13-25-20(27)22(4,24-21(25)28)18-6-5-11-29-18/h5-11,14-15H,12-13H2,1-4H3,(H,23,26)(H,24,28). The van der Waals surface area contributed by atoms with Crippen LogP contribution in [0.4, 0.5) is 4.79 Å². The highest BCUT2D eigenvalue weighted by atomic mass is 16.3. The van der Waals surface area contributed by atoms with Crippen LogP contribution < -0.4 is 10.6 Å². The average Bonchev–Trinajstić information content (AvgIpc) is 3.26. The Bertz CT molecular complexity index is 889. The van der Waals surface area contributed by atoms with Crippen molar-refractivity contribution in [2.45, 2.75) is 45.7 Å². The van der Waals surface area contributed by atoms with Gasteiger partial charge in [0.15, 0.2) is 5.54 Å². The topological polar surface area (TPSA) is 91.7 Å². The van der Waals surface area contributed by atoms with E-state index in [1.165, 1.54) is 11.8 Å². The molecular formula is C22H27N3O4. The number of furan rings is 1. The van der Waals surface area contributed by atoms with Crippen molar-refractivity contribution in [2.24, 2.45) is 5.92 Å². The van der Waals surface area contributed by atoms with Gasteiger partial charge in [-0.05, 0) is 49.4 Å². The minimum atomic E-state index is -1.31. The molecule has 1 aliphatic rings. The second-order valence-corrected chi connectivity index (χ2v) is 8.05. The van der Waals surface area contributed by atoms with Crippen LogP contribution in [0.2, 0.25) is 0 Å². The van der Waals surface area contributed by atoms with Crippen LogP contribution in [0, 0.1) is 5.92 Å². The van der Waals surface area contributed by atoms with Gasteiger partial charge in [0, 0.05) is 0 Å². The number of rotatable bonds is 7. The average molecular weight is 397 g/mol. The zero-order chi connectivity index (χ0) is 21.2. The number of carbonyl (C=O) groups is 3. The first-order valence-corrected chi connectivity index (χ1v) is 9.77. The van der Waals surface area contributed by atoms with E-state index in [1.54, 1.807) is 19.1 Å². The lowest BCUT2D eigenvalue weighted by Crippen LogP contribution is -2.43. The van der Waals surface area contributed by atoms with E-state index in [9.17, 15) is 14.4 Å². The van der Waals surface area contributed by atoms with Gasteiger partial charge in [0.1, 0.15) is 12.3 Å². The third kappa shape index (κ3) is 4.34. The lowest BCUT2D eigenvalue weighted by molar-refractivity contribution is -0.135. The lowest BCUT2D eigenvalue weighted by atomic mass is 9.99. The van der Waals surface area contributed by atoms with Crippen molar-refractivity contribution in [1.82, 2.24) is 15.5 Å². The highest BCUT2D eigenvalue weighted by molar-refractivity contribution is 6.08. The zero-order valence-electron chi connectivity index (χ0n) is 17.2. The van der Waals surface area contributed by atoms with E-state index in [1.807, 2.05) is 19.1 Å². The molecule has 29 heavy (non-hydrogen) atoms. The summed E-state index contributed by atoms with van der Waals surface area (Å²) in [6, 6.07) is 10.5. The molecule has 1 saturated heterocycles. The Kier molecular flexibility index (Phi) is 5.77. The molecule has 1 aromatic carbocycles. The van der Waals surface area contributed by atoms with Gasteiger partial charge in [-0.3, -0.25) is 14.5 Å². The monoisotopic (exact) mass is 397 g/mol. The van der Waals surface area contributed by atoms with Gasteiger partial charge in [-0.25, -0.2) is 4.79 Å². The van der Waals surface area contributed by atoms with Crippen LogP contribution in [0.5, 0.6) is 0 Å². The van der Waals surface area contributed by atoms with E-state index in [2.05, 4.69) is 36.6 Å². The molecule has 7 heteroatoms. The normalized spacial score (nSPS) is 20.1. The Balaban J connectivity index is 1.61. The van der Waals surface area contributed by atoms with Crippen LogP contribution in [-0.4, -0.2) is 29.3 Å². The molecule has 4 amide bonds. The summed E-state index contributed by atoms with van der Waals surface area (Å²) in [6.07, 6.45) is 2.44. The first kappa shape index (κ1) is 20.6. The molecule has 2 atom stereocenters. The molecular weight excluding hydrogens is 370 g/mol. The van der Waals surface area contributed by atoms with Gasteiger partial charge in [0.25, 0.3) is 5.91 Å². The largest absolute Gasteiger partial charge is 0.466 e. The fourth-order valence-corrected chi connectivity index (χ4v) is 3.50. The van der Waals surface area contributed by atoms with E-state index in [0.717, 1.165) is 16.9 Å². The van der Waals surface area contributed by atoms with Crippen LogP contribution in [0.15, 0.2) is 47.1 Å². The summed E-state index contributed by atoms with van der Waals surface area (Å²) < 4.78 is 5.29. The van der Waals surface area contributed by atoms with Gasteiger partial charge in [-0.1, -0.05) is 38.1 Å². The van der Waals surface area contributed by atoms with Crippen molar-refractivity contribution in [3.8, 4) is 0 Å².